The first kappa shape index (κ1) is 19.1. The van der Waals surface area contributed by atoms with Crippen LogP contribution in [0.5, 0.6) is 0 Å². The van der Waals surface area contributed by atoms with Crippen LogP contribution in [0.15, 0.2) is 48.8 Å². The molecule has 0 spiro atoms. The Morgan fingerprint density at radius 2 is 1.97 bits per heavy atom. The zero-order chi connectivity index (χ0) is 23.5. The van der Waals surface area contributed by atoms with E-state index in [1.54, 1.807) is 37.6 Å². The molecule has 0 unspecified atom stereocenters. The number of pyridine rings is 1. The molecule has 3 heterocycles. The number of hydrogen-bond donors (Lipinski definition) is 1. The molecule has 6 nitrogen and oxygen atoms in total. The summed E-state index contributed by atoms with van der Waals surface area (Å²) in [5, 5.41) is 15.0. The molecule has 2 aromatic heterocycles. The molecule has 1 aliphatic rings. The van der Waals surface area contributed by atoms with Gasteiger partial charge < -0.3 is 10.0 Å². The third-order valence-corrected chi connectivity index (χ3v) is 5.73. The van der Waals surface area contributed by atoms with Gasteiger partial charge in [-0.1, -0.05) is 12.1 Å². The van der Waals surface area contributed by atoms with Crippen LogP contribution in [0.3, 0.4) is 0 Å². The number of amides is 1. The Morgan fingerprint density at radius 3 is 2.66 bits per heavy atom. The number of carbonyl (C=O) groups is 1. The molecule has 0 bridgehead atoms. The van der Waals surface area contributed by atoms with Crippen molar-refractivity contribution in [2.24, 2.45) is 7.05 Å². The average Bonchev–Trinajstić information content (AvgIpc) is 3.28. The molecule has 32 heavy (non-hydrogen) atoms. The van der Waals surface area contributed by atoms with E-state index in [0.717, 1.165) is 0 Å². The molecule has 0 saturated carbocycles. The zero-order valence-corrected chi connectivity index (χ0v) is 17.4. The molecule has 1 amide bonds. The van der Waals surface area contributed by atoms with E-state index in [1.165, 1.54) is 34.7 Å². The lowest BCUT2D eigenvalue weighted by Gasteiger charge is -2.17. The summed E-state index contributed by atoms with van der Waals surface area (Å²) in [6.45, 7) is 1.31. The first-order chi connectivity index (χ1) is 15.6. The predicted octanol–water partition coefficient (Wildman–Crippen LogP) is 4.12. The Kier molecular flexibility index (Phi) is 4.46. The van der Waals surface area contributed by atoms with E-state index in [2.05, 4.69) is 10.1 Å². The van der Waals surface area contributed by atoms with E-state index in [9.17, 15) is 9.90 Å². The van der Waals surface area contributed by atoms with Crippen molar-refractivity contribution in [1.82, 2.24) is 19.7 Å². The number of halogens is 2. The zero-order valence-electron chi connectivity index (χ0n) is 18.4. The van der Waals surface area contributed by atoms with Crippen LogP contribution in [0.1, 0.15) is 41.6 Å². The second-order valence-corrected chi connectivity index (χ2v) is 7.89. The molecule has 0 aliphatic carbocycles. The van der Waals surface area contributed by atoms with Gasteiger partial charge in [0.05, 0.1) is 37.3 Å². The summed E-state index contributed by atoms with van der Waals surface area (Å²) in [7, 11) is 1.69. The predicted molar refractivity (Wildman–Crippen MR) is 115 cm³/mol. The van der Waals surface area contributed by atoms with Gasteiger partial charge in [-0.3, -0.25) is 14.5 Å². The van der Waals surface area contributed by atoms with Gasteiger partial charge >= 0.3 is 0 Å². The standard InChI is InChI=1S/C24H20F2N4O2/c1-13(31)15-5-6-16(18-10-29(2)28-23(15)18)14-8-20(25)19(21(26)9-14)11-30-12-22-17(24(30)32)4-3-7-27-22/h3-10,13,31H,11-12H2,1-2H3/t13-/m1/s1/i13D. The summed E-state index contributed by atoms with van der Waals surface area (Å²) in [6.07, 6.45) is 1.38. The third-order valence-electron chi connectivity index (χ3n) is 5.73. The smallest absolute Gasteiger partial charge is 0.256 e. The summed E-state index contributed by atoms with van der Waals surface area (Å²) in [5.74, 6) is -1.85. The van der Waals surface area contributed by atoms with Crippen LogP contribution in [-0.2, 0) is 20.1 Å². The van der Waals surface area contributed by atoms with Crippen molar-refractivity contribution < 1.29 is 20.1 Å². The maximum Gasteiger partial charge on any atom is 0.256 e. The molecule has 0 fully saturated rings. The molecule has 0 radical (unpaired) electrons. The molecular formula is C24H20F2N4O2. The lowest BCUT2D eigenvalue weighted by molar-refractivity contribution is 0.0763. The van der Waals surface area contributed by atoms with Crippen molar-refractivity contribution in [2.75, 3.05) is 0 Å². The Hall–Kier alpha value is -3.65. The second kappa shape index (κ2) is 7.49. The molecule has 162 valence electrons. The number of rotatable bonds is 4. The van der Waals surface area contributed by atoms with Crippen LogP contribution in [0.2, 0.25) is 0 Å². The third kappa shape index (κ3) is 3.23. The molecule has 1 atom stereocenters. The molecule has 0 saturated heterocycles. The van der Waals surface area contributed by atoms with Crippen molar-refractivity contribution in [2.45, 2.75) is 26.1 Å². The average molecular weight is 435 g/mol. The highest BCUT2D eigenvalue weighted by atomic mass is 19.1. The Labute approximate surface area is 184 Å². The fourth-order valence-electron chi connectivity index (χ4n) is 4.17. The SMILES string of the molecule is [2H][C@](C)(O)c1ccc(-c2cc(F)c(CN3Cc4ncccc4C3=O)c(F)c2)c2cn(C)nc12. The lowest BCUT2D eigenvalue weighted by atomic mass is 9.96. The van der Waals surface area contributed by atoms with Crippen molar-refractivity contribution in [1.29, 1.82) is 0 Å². The molecule has 4 aromatic rings. The van der Waals surface area contributed by atoms with Crippen LogP contribution >= 0.6 is 0 Å². The number of benzene rings is 2. The highest BCUT2D eigenvalue weighted by molar-refractivity contribution is 5.98. The minimum Gasteiger partial charge on any atom is -0.389 e. The van der Waals surface area contributed by atoms with Gasteiger partial charge in [-0.05, 0) is 42.3 Å². The van der Waals surface area contributed by atoms with Gasteiger partial charge in [0.15, 0.2) is 0 Å². The van der Waals surface area contributed by atoms with Crippen LogP contribution in [0, 0.1) is 11.6 Å². The minimum absolute atomic E-state index is 0.195. The lowest BCUT2D eigenvalue weighted by Crippen LogP contribution is -2.24. The largest absolute Gasteiger partial charge is 0.389 e. The topological polar surface area (TPSA) is 71.2 Å². The monoisotopic (exact) mass is 435 g/mol. The number of hydrogen-bond acceptors (Lipinski definition) is 4. The van der Waals surface area contributed by atoms with Gasteiger partial charge in [-0.25, -0.2) is 8.78 Å². The highest BCUT2D eigenvalue weighted by Gasteiger charge is 2.29. The normalized spacial score (nSPS) is 15.7. The minimum atomic E-state index is -1.87. The molecule has 1 aliphatic heterocycles. The Bertz CT molecular complexity index is 1400. The summed E-state index contributed by atoms with van der Waals surface area (Å²) in [4.78, 5) is 18.1. The first-order valence-electron chi connectivity index (χ1n) is 10.5. The number of carbonyl (C=O) groups excluding carboxylic acids is 1. The first-order valence-corrected chi connectivity index (χ1v) is 10.0. The summed E-state index contributed by atoms with van der Waals surface area (Å²) in [6, 6.07) is 8.91. The van der Waals surface area contributed by atoms with E-state index in [0.29, 0.717) is 38.9 Å². The quantitative estimate of drug-likeness (QED) is 0.524. The van der Waals surface area contributed by atoms with E-state index in [1.807, 2.05) is 0 Å². The van der Waals surface area contributed by atoms with E-state index in [-0.39, 0.29) is 24.6 Å². The van der Waals surface area contributed by atoms with Crippen molar-refractivity contribution in [3.8, 4) is 11.1 Å². The van der Waals surface area contributed by atoms with Gasteiger partial charge in [0, 0.05) is 36.0 Å². The maximum atomic E-state index is 15.1. The Morgan fingerprint density at radius 1 is 1.22 bits per heavy atom. The number of nitrogens with zero attached hydrogens (tertiary/aromatic N) is 4. The van der Waals surface area contributed by atoms with Crippen LogP contribution in [0.4, 0.5) is 8.78 Å². The van der Waals surface area contributed by atoms with Gasteiger partial charge in [0.2, 0.25) is 0 Å². The van der Waals surface area contributed by atoms with Crippen LogP contribution < -0.4 is 0 Å². The van der Waals surface area contributed by atoms with Crippen LogP contribution in [0.25, 0.3) is 22.0 Å². The molecule has 8 heteroatoms. The highest BCUT2D eigenvalue weighted by Crippen LogP contribution is 2.34. The van der Waals surface area contributed by atoms with E-state index < -0.39 is 17.7 Å². The molecule has 5 rings (SSSR count). The van der Waals surface area contributed by atoms with Gasteiger partial charge in [-0.2, -0.15) is 5.10 Å². The Balaban J connectivity index is 1.53. The summed E-state index contributed by atoms with van der Waals surface area (Å²) in [5.41, 5.74) is 2.31. The molecule has 1 N–H and O–H groups in total. The van der Waals surface area contributed by atoms with Crippen molar-refractivity contribution in [3.63, 3.8) is 0 Å². The number of aliphatic hydroxyl groups is 1. The van der Waals surface area contributed by atoms with Crippen LogP contribution in [-0.4, -0.2) is 30.7 Å². The van der Waals surface area contributed by atoms with Crippen molar-refractivity contribution >= 4 is 16.8 Å². The van der Waals surface area contributed by atoms with E-state index in [4.69, 9.17) is 1.37 Å². The van der Waals surface area contributed by atoms with Gasteiger partial charge in [0.1, 0.15) is 11.6 Å². The maximum absolute atomic E-state index is 15.1. The summed E-state index contributed by atoms with van der Waals surface area (Å²) < 4.78 is 39.7. The van der Waals surface area contributed by atoms with Gasteiger partial charge in [0.25, 0.3) is 5.91 Å². The fraction of sp³-hybridized carbons (Fsp3) is 0.208. The molecule has 2 aromatic carbocycles. The molecular weight excluding hydrogens is 414 g/mol. The van der Waals surface area contributed by atoms with Gasteiger partial charge in [-0.15, -0.1) is 0 Å². The number of fused-ring (bicyclic) bond motifs is 2. The summed E-state index contributed by atoms with van der Waals surface area (Å²) >= 11 is 0. The number of aromatic nitrogens is 3. The second-order valence-electron chi connectivity index (χ2n) is 7.89. The van der Waals surface area contributed by atoms with Crippen molar-refractivity contribution in [3.05, 3.63) is 82.8 Å². The fourth-order valence-corrected chi connectivity index (χ4v) is 4.17. The number of aryl methyl sites for hydroxylation is 1. The van der Waals surface area contributed by atoms with E-state index >= 15 is 8.78 Å².